The molecule has 5 heteroatoms. The fourth-order valence-corrected chi connectivity index (χ4v) is 2.20. The van der Waals surface area contributed by atoms with E-state index in [1.807, 2.05) is 18.2 Å². The first-order valence-corrected chi connectivity index (χ1v) is 7.34. The molecule has 1 aromatic carbocycles. The molecule has 0 aliphatic carbocycles. The van der Waals surface area contributed by atoms with Gasteiger partial charge >= 0.3 is 0 Å². The van der Waals surface area contributed by atoms with Gasteiger partial charge in [-0.25, -0.2) is 9.97 Å². The molecule has 2 heterocycles. The van der Waals surface area contributed by atoms with Gasteiger partial charge in [0.2, 0.25) is 0 Å². The summed E-state index contributed by atoms with van der Waals surface area (Å²) in [5.74, 6) is 1.20. The van der Waals surface area contributed by atoms with Crippen molar-refractivity contribution in [1.82, 2.24) is 15.0 Å². The minimum atomic E-state index is 0.391. The molecule has 0 saturated carbocycles. The van der Waals surface area contributed by atoms with Gasteiger partial charge in [-0.3, -0.25) is 4.98 Å². The summed E-state index contributed by atoms with van der Waals surface area (Å²) in [6, 6.07) is 15.7. The maximum atomic E-state index is 6.08. The van der Waals surface area contributed by atoms with Gasteiger partial charge in [-0.1, -0.05) is 47.5 Å². The van der Waals surface area contributed by atoms with E-state index in [4.69, 9.17) is 11.6 Å². The van der Waals surface area contributed by atoms with E-state index >= 15 is 0 Å². The number of nitrogens with one attached hydrogen (secondary N) is 1. The van der Waals surface area contributed by atoms with Crippen LogP contribution in [0.1, 0.15) is 11.1 Å². The third-order valence-corrected chi connectivity index (χ3v) is 3.38. The van der Waals surface area contributed by atoms with Gasteiger partial charge in [0.15, 0.2) is 5.82 Å². The van der Waals surface area contributed by atoms with Gasteiger partial charge in [0.05, 0.1) is 0 Å². The lowest BCUT2D eigenvalue weighted by molar-refractivity contribution is 1.07. The lowest BCUT2D eigenvalue weighted by atomic mass is 10.1. The van der Waals surface area contributed by atoms with Crippen LogP contribution in [0.25, 0.3) is 11.5 Å². The number of pyridine rings is 1. The Morgan fingerprint density at radius 1 is 1.05 bits per heavy atom. The van der Waals surface area contributed by atoms with Crippen molar-refractivity contribution in [1.29, 1.82) is 0 Å². The molecule has 4 nitrogen and oxygen atoms in total. The Hall–Kier alpha value is -2.46. The normalized spacial score (nSPS) is 10.5. The third kappa shape index (κ3) is 3.59. The Balaban J connectivity index is 1.79. The molecule has 110 valence electrons. The first-order chi connectivity index (χ1) is 10.7. The summed E-state index contributed by atoms with van der Waals surface area (Å²) in [5, 5.41) is 3.66. The minimum Gasteiger partial charge on any atom is -0.366 e. The first kappa shape index (κ1) is 14.5. The fourth-order valence-electron chi connectivity index (χ4n) is 2.02. The van der Waals surface area contributed by atoms with E-state index in [-0.39, 0.29) is 0 Å². The van der Waals surface area contributed by atoms with Crippen molar-refractivity contribution in [2.75, 3.05) is 5.32 Å². The smallest absolute Gasteiger partial charge is 0.181 e. The lowest BCUT2D eigenvalue weighted by Crippen LogP contribution is -2.03. The van der Waals surface area contributed by atoms with E-state index in [2.05, 4.69) is 51.5 Å². The Kier molecular flexibility index (Phi) is 4.30. The maximum Gasteiger partial charge on any atom is 0.181 e. The zero-order chi connectivity index (χ0) is 15.4. The number of nitrogens with zero attached hydrogens (tertiary/aromatic N) is 3. The second-order valence-electron chi connectivity index (χ2n) is 4.95. The SMILES string of the molecule is Cc1ccc(CNc2cc(Cl)nc(-c3ccccn3)n2)cc1. The van der Waals surface area contributed by atoms with Crippen molar-refractivity contribution in [2.45, 2.75) is 13.5 Å². The molecule has 3 aromatic rings. The summed E-state index contributed by atoms with van der Waals surface area (Å²) in [7, 11) is 0. The van der Waals surface area contributed by atoms with Crippen molar-refractivity contribution < 1.29 is 0 Å². The fraction of sp³-hybridized carbons (Fsp3) is 0.118. The average Bonchev–Trinajstić information content (AvgIpc) is 2.55. The van der Waals surface area contributed by atoms with E-state index in [1.165, 1.54) is 11.1 Å². The Morgan fingerprint density at radius 2 is 1.86 bits per heavy atom. The monoisotopic (exact) mass is 310 g/mol. The number of halogens is 1. The van der Waals surface area contributed by atoms with Crippen molar-refractivity contribution in [3.63, 3.8) is 0 Å². The number of aromatic nitrogens is 3. The number of benzene rings is 1. The molecule has 0 unspecified atom stereocenters. The molecule has 0 spiro atoms. The predicted octanol–water partition coefficient (Wildman–Crippen LogP) is 4.11. The molecule has 0 saturated heterocycles. The summed E-state index contributed by atoms with van der Waals surface area (Å²) in [5.41, 5.74) is 3.12. The van der Waals surface area contributed by atoms with Crippen LogP contribution < -0.4 is 5.32 Å². The molecule has 0 radical (unpaired) electrons. The zero-order valence-electron chi connectivity index (χ0n) is 12.1. The molecule has 22 heavy (non-hydrogen) atoms. The van der Waals surface area contributed by atoms with E-state index in [0.29, 0.717) is 29.0 Å². The quantitative estimate of drug-likeness (QED) is 0.737. The second-order valence-corrected chi connectivity index (χ2v) is 5.34. The number of hydrogen-bond acceptors (Lipinski definition) is 4. The molecule has 3 rings (SSSR count). The standard InChI is InChI=1S/C17H15ClN4/c1-12-5-7-13(8-6-12)11-20-16-10-15(18)21-17(22-16)14-4-2-3-9-19-14/h2-10H,11H2,1H3,(H,20,21,22). The summed E-state index contributed by atoms with van der Waals surface area (Å²) in [4.78, 5) is 12.9. The second kappa shape index (κ2) is 6.54. The van der Waals surface area contributed by atoms with E-state index in [1.54, 1.807) is 12.3 Å². The predicted molar refractivity (Wildman–Crippen MR) is 88.8 cm³/mol. The number of anilines is 1. The molecule has 0 aliphatic heterocycles. The number of aryl methyl sites for hydroxylation is 1. The van der Waals surface area contributed by atoms with Crippen LogP contribution in [0.15, 0.2) is 54.7 Å². The van der Waals surface area contributed by atoms with Crippen molar-refractivity contribution >= 4 is 17.4 Å². The van der Waals surface area contributed by atoms with Crippen LogP contribution in [-0.4, -0.2) is 15.0 Å². The molecule has 1 N–H and O–H groups in total. The van der Waals surface area contributed by atoms with Crippen LogP contribution in [-0.2, 0) is 6.54 Å². The van der Waals surface area contributed by atoms with Crippen LogP contribution in [0.2, 0.25) is 5.15 Å². The van der Waals surface area contributed by atoms with Gasteiger partial charge in [-0.15, -0.1) is 0 Å². The molecule has 0 bridgehead atoms. The van der Waals surface area contributed by atoms with Crippen LogP contribution in [0.3, 0.4) is 0 Å². The number of hydrogen-bond donors (Lipinski definition) is 1. The summed E-state index contributed by atoms with van der Waals surface area (Å²) >= 11 is 6.08. The zero-order valence-corrected chi connectivity index (χ0v) is 12.9. The Morgan fingerprint density at radius 3 is 2.59 bits per heavy atom. The van der Waals surface area contributed by atoms with Crippen LogP contribution in [0.5, 0.6) is 0 Å². The van der Waals surface area contributed by atoms with E-state index in [9.17, 15) is 0 Å². The van der Waals surface area contributed by atoms with Gasteiger partial charge in [0.1, 0.15) is 16.7 Å². The highest BCUT2D eigenvalue weighted by Gasteiger charge is 2.06. The van der Waals surface area contributed by atoms with Crippen molar-refractivity contribution in [3.05, 3.63) is 71.0 Å². The highest BCUT2D eigenvalue weighted by Crippen LogP contribution is 2.19. The largest absolute Gasteiger partial charge is 0.366 e. The van der Waals surface area contributed by atoms with Gasteiger partial charge in [-0.2, -0.15) is 0 Å². The van der Waals surface area contributed by atoms with Crippen LogP contribution >= 0.6 is 11.6 Å². The number of rotatable bonds is 4. The Labute approximate surface area is 134 Å². The molecular weight excluding hydrogens is 296 g/mol. The van der Waals surface area contributed by atoms with Gasteiger partial charge in [-0.05, 0) is 24.6 Å². The summed E-state index contributed by atoms with van der Waals surface area (Å²) in [6.07, 6.45) is 1.71. The molecule has 0 amide bonds. The van der Waals surface area contributed by atoms with Crippen LogP contribution in [0, 0.1) is 6.92 Å². The maximum absolute atomic E-state index is 6.08. The van der Waals surface area contributed by atoms with E-state index < -0.39 is 0 Å². The highest BCUT2D eigenvalue weighted by molar-refractivity contribution is 6.29. The first-order valence-electron chi connectivity index (χ1n) is 6.96. The minimum absolute atomic E-state index is 0.391. The van der Waals surface area contributed by atoms with Gasteiger partial charge in [0, 0.05) is 18.8 Å². The highest BCUT2D eigenvalue weighted by atomic mass is 35.5. The van der Waals surface area contributed by atoms with Crippen molar-refractivity contribution in [2.24, 2.45) is 0 Å². The molecular formula is C17H15ClN4. The van der Waals surface area contributed by atoms with Gasteiger partial charge < -0.3 is 5.32 Å². The van der Waals surface area contributed by atoms with Crippen molar-refractivity contribution in [3.8, 4) is 11.5 Å². The third-order valence-electron chi connectivity index (χ3n) is 3.18. The Bertz CT molecular complexity index is 757. The summed E-state index contributed by atoms with van der Waals surface area (Å²) < 4.78 is 0. The molecule has 0 fully saturated rings. The van der Waals surface area contributed by atoms with Crippen LogP contribution in [0.4, 0.5) is 5.82 Å². The van der Waals surface area contributed by atoms with Gasteiger partial charge in [0.25, 0.3) is 0 Å². The molecule has 2 aromatic heterocycles. The lowest BCUT2D eigenvalue weighted by Gasteiger charge is -2.08. The average molecular weight is 311 g/mol. The molecule has 0 aliphatic rings. The molecule has 0 atom stereocenters. The topological polar surface area (TPSA) is 50.7 Å². The summed E-state index contributed by atoms with van der Waals surface area (Å²) in [6.45, 7) is 2.75. The van der Waals surface area contributed by atoms with E-state index in [0.717, 1.165) is 0 Å².